The van der Waals surface area contributed by atoms with Crippen molar-refractivity contribution >= 4 is 11.4 Å². The minimum Gasteiger partial charge on any atom is -0.496 e. The molecule has 3 aromatic rings. The smallest absolute Gasteiger partial charge is 0.131 e. The predicted molar refractivity (Wildman–Crippen MR) is 140 cm³/mol. The number of aromatic nitrogens is 1. The van der Waals surface area contributed by atoms with E-state index in [1.165, 1.54) is 6.07 Å². The van der Waals surface area contributed by atoms with E-state index in [-0.39, 0.29) is 23.6 Å². The zero-order valence-electron chi connectivity index (χ0n) is 21.0. The van der Waals surface area contributed by atoms with Crippen molar-refractivity contribution in [1.29, 1.82) is 5.41 Å². The van der Waals surface area contributed by atoms with Gasteiger partial charge in [0, 0.05) is 52.9 Å². The highest BCUT2D eigenvalue weighted by molar-refractivity contribution is 6.13. The molecule has 1 fully saturated rings. The maximum absolute atomic E-state index is 14.5. The molecule has 0 amide bonds. The van der Waals surface area contributed by atoms with Gasteiger partial charge in [0.2, 0.25) is 0 Å². The van der Waals surface area contributed by atoms with Gasteiger partial charge in [-0.05, 0) is 75.2 Å². The molecule has 0 radical (unpaired) electrons. The molecule has 2 aromatic carbocycles. The Morgan fingerprint density at radius 3 is 2.86 bits per heavy atom. The molecule has 0 saturated carbocycles. The maximum atomic E-state index is 14.5. The van der Waals surface area contributed by atoms with Crippen molar-refractivity contribution in [3.8, 4) is 5.75 Å². The van der Waals surface area contributed by atoms with Crippen LogP contribution in [0.25, 0.3) is 0 Å². The molecule has 4 rings (SSSR count). The Hall–Kier alpha value is -3.33. The Labute approximate surface area is 211 Å². The number of halogens is 1. The number of aryl methyl sites for hydroxylation is 1. The van der Waals surface area contributed by atoms with Crippen LogP contribution in [0, 0.1) is 18.2 Å². The number of likely N-dealkylation sites (tertiary alicyclic amines) is 1. The van der Waals surface area contributed by atoms with Crippen LogP contribution in [0.3, 0.4) is 0 Å². The molecule has 8 heteroatoms. The number of nitrogens with one attached hydrogen (secondary N) is 2. The normalized spacial score (nSPS) is 19.1. The van der Waals surface area contributed by atoms with E-state index < -0.39 is 6.23 Å². The summed E-state index contributed by atoms with van der Waals surface area (Å²) in [5.41, 5.74) is 10.2. The Balaban J connectivity index is 1.49. The third-order valence-corrected chi connectivity index (χ3v) is 7.00. The second kappa shape index (κ2) is 11.2. The van der Waals surface area contributed by atoms with Crippen molar-refractivity contribution in [1.82, 2.24) is 15.2 Å². The van der Waals surface area contributed by atoms with Crippen molar-refractivity contribution < 1.29 is 14.2 Å². The highest BCUT2D eigenvalue weighted by Gasteiger charge is 2.30. The SMILES string of the molecule is COc1cccc(F)c1CN1CCCC(NC(O)c2ccc(N)c(C(=N)c3ccnc(C)c3)c2)C1C. The fraction of sp³-hybridized carbons (Fsp3) is 0.357. The molecule has 36 heavy (non-hydrogen) atoms. The molecule has 3 unspecified atom stereocenters. The summed E-state index contributed by atoms with van der Waals surface area (Å²) in [5, 5.41) is 23.1. The average Bonchev–Trinajstić information content (AvgIpc) is 2.87. The minimum absolute atomic E-state index is 0.00480. The van der Waals surface area contributed by atoms with Crippen LogP contribution in [0.5, 0.6) is 5.75 Å². The first-order valence-electron chi connectivity index (χ1n) is 12.2. The van der Waals surface area contributed by atoms with Gasteiger partial charge in [-0.15, -0.1) is 0 Å². The second-order valence-electron chi connectivity index (χ2n) is 9.36. The molecular formula is C28H34FN5O2. The number of nitrogens with two attached hydrogens (primary N) is 1. The van der Waals surface area contributed by atoms with Gasteiger partial charge in [-0.25, -0.2) is 4.39 Å². The van der Waals surface area contributed by atoms with Gasteiger partial charge in [-0.3, -0.25) is 20.6 Å². The third-order valence-electron chi connectivity index (χ3n) is 7.00. The van der Waals surface area contributed by atoms with Gasteiger partial charge in [0.25, 0.3) is 0 Å². The predicted octanol–water partition coefficient (Wildman–Crippen LogP) is 4.17. The second-order valence-corrected chi connectivity index (χ2v) is 9.36. The third kappa shape index (κ3) is 5.56. The number of piperidine rings is 1. The summed E-state index contributed by atoms with van der Waals surface area (Å²) >= 11 is 0. The Morgan fingerprint density at radius 2 is 2.11 bits per heavy atom. The van der Waals surface area contributed by atoms with Crippen LogP contribution in [-0.2, 0) is 6.54 Å². The highest BCUT2D eigenvalue weighted by Crippen LogP contribution is 2.28. The number of benzene rings is 2. The van der Waals surface area contributed by atoms with Gasteiger partial charge in [0.05, 0.1) is 12.8 Å². The van der Waals surface area contributed by atoms with Crippen molar-refractivity contribution in [3.63, 3.8) is 0 Å². The van der Waals surface area contributed by atoms with Crippen molar-refractivity contribution in [2.24, 2.45) is 0 Å². The number of hydrogen-bond acceptors (Lipinski definition) is 7. The highest BCUT2D eigenvalue weighted by atomic mass is 19.1. The molecule has 3 atom stereocenters. The maximum Gasteiger partial charge on any atom is 0.131 e. The Kier molecular flexibility index (Phi) is 7.98. The lowest BCUT2D eigenvalue weighted by Gasteiger charge is -2.41. The summed E-state index contributed by atoms with van der Waals surface area (Å²) in [7, 11) is 1.55. The fourth-order valence-electron chi connectivity index (χ4n) is 4.86. The number of nitrogens with zero attached hydrogens (tertiary/aromatic N) is 2. The molecule has 190 valence electrons. The Bertz CT molecular complexity index is 1230. The summed E-state index contributed by atoms with van der Waals surface area (Å²) in [4.78, 5) is 6.41. The van der Waals surface area contributed by atoms with Gasteiger partial charge in [-0.2, -0.15) is 0 Å². The van der Waals surface area contributed by atoms with Crippen LogP contribution in [0.1, 0.15) is 53.9 Å². The Morgan fingerprint density at radius 1 is 1.31 bits per heavy atom. The van der Waals surface area contributed by atoms with E-state index in [9.17, 15) is 9.50 Å². The summed E-state index contributed by atoms with van der Waals surface area (Å²) in [6, 6.07) is 13.8. The van der Waals surface area contributed by atoms with Gasteiger partial charge in [0.1, 0.15) is 17.8 Å². The molecule has 1 aliphatic heterocycles. The van der Waals surface area contributed by atoms with E-state index in [1.54, 1.807) is 49.7 Å². The zero-order valence-corrected chi connectivity index (χ0v) is 21.0. The lowest BCUT2D eigenvalue weighted by Crippen LogP contribution is -2.52. The van der Waals surface area contributed by atoms with Crippen molar-refractivity contribution in [2.75, 3.05) is 19.4 Å². The van der Waals surface area contributed by atoms with Crippen LogP contribution in [0.15, 0.2) is 54.7 Å². The van der Waals surface area contributed by atoms with Crippen molar-refractivity contribution in [2.45, 2.75) is 51.5 Å². The molecule has 1 aliphatic rings. The quantitative estimate of drug-likeness (QED) is 0.214. The van der Waals surface area contributed by atoms with E-state index in [1.807, 2.05) is 13.0 Å². The van der Waals surface area contributed by atoms with E-state index in [4.69, 9.17) is 15.9 Å². The fourth-order valence-corrected chi connectivity index (χ4v) is 4.86. The topological polar surface area (TPSA) is 107 Å². The van der Waals surface area contributed by atoms with Crippen LogP contribution in [-0.4, -0.2) is 46.4 Å². The number of methoxy groups -OCH3 is 1. The molecule has 2 heterocycles. The van der Waals surface area contributed by atoms with E-state index in [0.717, 1.165) is 25.1 Å². The summed E-state index contributed by atoms with van der Waals surface area (Å²) in [6.07, 6.45) is 2.54. The van der Waals surface area contributed by atoms with Crippen molar-refractivity contribution in [3.05, 3.63) is 88.5 Å². The summed E-state index contributed by atoms with van der Waals surface area (Å²) in [5.74, 6) is 0.261. The average molecular weight is 492 g/mol. The molecular weight excluding hydrogens is 457 g/mol. The van der Waals surface area contributed by atoms with Gasteiger partial charge in [0.15, 0.2) is 0 Å². The first-order chi connectivity index (χ1) is 17.3. The molecule has 1 saturated heterocycles. The van der Waals surface area contributed by atoms with Crippen LogP contribution in [0.2, 0.25) is 0 Å². The lowest BCUT2D eigenvalue weighted by molar-refractivity contribution is 0.0597. The van der Waals surface area contributed by atoms with E-state index in [0.29, 0.717) is 40.2 Å². The number of rotatable bonds is 8. The van der Waals surface area contributed by atoms with Gasteiger partial charge in [-0.1, -0.05) is 12.1 Å². The van der Waals surface area contributed by atoms with Gasteiger partial charge >= 0.3 is 0 Å². The summed E-state index contributed by atoms with van der Waals surface area (Å²) in [6.45, 7) is 5.23. The van der Waals surface area contributed by atoms with Gasteiger partial charge < -0.3 is 15.6 Å². The number of pyridine rings is 1. The monoisotopic (exact) mass is 491 g/mol. The molecule has 1 aromatic heterocycles. The standard InChI is InChI=1S/C28H34FN5O2/c1-17-14-19(11-12-32-17)27(31)21-15-20(9-10-24(21)30)28(35)33-25-7-5-13-34(18(25)2)16-22-23(29)6-4-8-26(22)36-3/h4,6,8-12,14-15,18,25,28,31,33,35H,5,7,13,16,30H2,1-3H3. The number of aliphatic hydroxyl groups is 1. The zero-order chi connectivity index (χ0) is 25.8. The first-order valence-corrected chi connectivity index (χ1v) is 12.2. The lowest BCUT2D eigenvalue weighted by atomic mass is 9.95. The van der Waals surface area contributed by atoms with E-state index >= 15 is 0 Å². The number of ether oxygens (including phenoxy) is 1. The molecule has 0 spiro atoms. The number of hydrogen-bond donors (Lipinski definition) is 4. The molecule has 5 N–H and O–H groups in total. The summed E-state index contributed by atoms with van der Waals surface area (Å²) < 4.78 is 19.9. The number of anilines is 1. The van der Waals surface area contributed by atoms with E-state index in [2.05, 4.69) is 22.1 Å². The molecule has 0 bridgehead atoms. The van der Waals surface area contributed by atoms with Crippen LogP contribution in [0.4, 0.5) is 10.1 Å². The number of aliphatic hydroxyl groups excluding tert-OH is 1. The largest absolute Gasteiger partial charge is 0.496 e. The number of nitrogen functional groups attached to an aromatic ring is 1. The molecule has 7 nitrogen and oxygen atoms in total. The first kappa shape index (κ1) is 25.8. The van der Waals surface area contributed by atoms with Crippen LogP contribution < -0.4 is 15.8 Å². The minimum atomic E-state index is -0.938. The van der Waals surface area contributed by atoms with Crippen LogP contribution >= 0.6 is 0 Å². The molecule has 0 aliphatic carbocycles.